The highest BCUT2D eigenvalue weighted by atomic mass is 32.2. The molecule has 0 aliphatic carbocycles. The van der Waals surface area contributed by atoms with Crippen LogP contribution in [0.1, 0.15) is 38.9 Å². The summed E-state index contributed by atoms with van der Waals surface area (Å²) in [5.41, 5.74) is -0.169. The maximum atomic E-state index is 12.5. The van der Waals surface area contributed by atoms with Gasteiger partial charge in [0.2, 0.25) is 11.8 Å². The predicted octanol–water partition coefficient (Wildman–Crippen LogP) is 0.446. The molecular weight excluding hydrogens is 344 g/mol. The first-order chi connectivity index (χ1) is 11.6. The molecule has 0 bridgehead atoms. The number of amides is 1. The number of hydrogen-bond acceptors (Lipinski definition) is 7. The number of nitrogens with zero attached hydrogens (tertiary/aromatic N) is 4. The normalized spacial score (nSPS) is 24.6. The maximum absolute atomic E-state index is 12.5. The van der Waals surface area contributed by atoms with E-state index in [1.807, 2.05) is 20.8 Å². The van der Waals surface area contributed by atoms with Gasteiger partial charge in [-0.3, -0.25) is 9.69 Å². The topological polar surface area (TPSA) is 96.6 Å². The van der Waals surface area contributed by atoms with Gasteiger partial charge in [0.1, 0.15) is 0 Å². The Morgan fingerprint density at radius 3 is 2.44 bits per heavy atom. The second-order valence-corrected chi connectivity index (χ2v) is 10.2. The molecule has 2 aliphatic heterocycles. The van der Waals surface area contributed by atoms with Crippen molar-refractivity contribution in [3.05, 3.63) is 11.7 Å². The standard InChI is InChI=1S/C16H26N4O4S/c1-16(2,3)15-17-13(18-24-15)10-19-5-7-20(8-6-19)14(21)12-4-9-25(22,23)11-12/h12H,4-11H2,1-3H3. The molecule has 1 atom stereocenters. The van der Waals surface area contributed by atoms with Gasteiger partial charge in [-0.15, -0.1) is 0 Å². The van der Waals surface area contributed by atoms with Crippen molar-refractivity contribution in [1.82, 2.24) is 19.9 Å². The fourth-order valence-corrected chi connectivity index (χ4v) is 4.93. The first-order valence-electron chi connectivity index (χ1n) is 8.69. The third-order valence-electron chi connectivity index (χ3n) is 4.74. The molecule has 0 N–H and O–H groups in total. The molecule has 3 heterocycles. The monoisotopic (exact) mass is 370 g/mol. The highest BCUT2D eigenvalue weighted by Gasteiger charge is 2.36. The van der Waals surface area contributed by atoms with Gasteiger partial charge in [-0.2, -0.15) is 4.98 Å². The fourth-order valence-electron chi connectivity index (χ4n) is 3.20. The van der Waals surface area contributed by atoms with Crippen molar-refractivity contribution in [2.45, 2.75) is 39.2 Å². The van der Waals surface area contributed by atoms with Gasteiger partial charge in [0, 0.05) is 31.6 Å². The number of sulfone groups is 1. The number of carbonyl (C=O) groups is 1. The van der Waals surface area contributed by atoms with Crippen LogP contribution in [0.15, 0.2) is 4.52 Å². The Bertz CT molecular complexity index is 730. The molecule has 0 saturated carbocycles. The lowest BCUT2D eigenvalue weighted by atomic mass is 9.97. The molecule has 8 nitrogen and oxygen atoms in total. The quantitative estimate of drug-likeness (QED) is 0.762. The van der Waals surface area contributed by atoms with E-state index in [4.69, 9.17) is 4.52 Å². The van der Waals surface area contributed by atoms with Gasteiger partial charge in [0.25, 0.3) is 0 Å². The molecule has 1 aromatic heterocycles. The zero-order valence-corrected chi connectivity index (χ0v) is 15.9. The van der Waals surface area contributed by atoms with Crippen molar-refractivity contribution in [3.8, 4) is 0 Å². The highest BCUT2D eigenvalue weighted by Crippen LogP contribution is 2.22. The van der Waals surface area contributed by atoms with Crippen LogP contribution >= 0.6 is 0 Å². The molecule has 2 saturated heterocycles. The molecule has 25 heavy (non-hydrogen) atoms. The fraction of sp³-hybridized carbons (Fsp3) is 0.812. The van der Waals surface area contributed by atoms with E-state index in [0.29, 0.717) is 37.8 Å². The Kier molecular flexibility index (Phi) is 4.89. The largest absolute Gasteiger partial charge is 0.340 e. The molecule has 2 aliphatic rings. The third kappa shape index (κ3) is 4.38. The second kappa shape index (κ2) is 6.68. The number of carbonyl (C=O) groups excluding carboxylic acids is 1. The Balaban J connectivity index is 1.50. The molecule has 9 heteroatoms. The van der Waals surface area contributed by atoms with Gasteiger partial charge < -0.3 is 9.42 Å². The lowest BCUT2D eigenvalue weighted by molar-refractivity contribution is -0.136. The number of rotatable bonds is 3. The Hall–Kier alpha value is -1.48. The van der Waals surface area contributed by atoms with Crippen LogP contribution in [0.5, 0.6) is 0 Å². The first kappa shape index (κ1) is 18.3. The summed E-state index contributed by atoms with van der Waals surface area (Å²) in [6.45, 7) is 9.35. The Morgan fingerprint density at radius 2 is 1.92 bits per heavy atom. The highest BCUT2D eigenvalue weighted by molar-refractivity contribution is 7.91. The van der Waals surface area contributed by atoms with Crippen molar-refractivity contribution in [2.24, 2.45) is 5.92 Å². The zero-order valence-electron chi connectivity index (χ0n) is 15.1. The van der Waals surface area contributed by atoms with Crippen LogP contribution < -0.4 is 0 Å². The van der Waals surface area contributed by atoms with Gasteiger partial charge in [-0.1, -0.05) is 25.9 Å². The van der Waals surface area contributed by atoms with Crippen LogP contribution in [0.4, 0.5) is 0 Å². The van der Waals surface area contributed by atoms with E-state index in [1.165, 1.54) is 0 Å². The van der Waals surface area contributed by atoms with E-state index in [0.717, 1.165) is 13.1 Å². The molecule has 0 spiro atoms. The second-order valence-electron chi connectivity index (χ2n) is 7.97. The van der Waals surface area contributed by atoms with Gasteiger partial charge in [0.05, 0.1) is 24.0 Å². The van der Waals surface area contributed by atoms with Gasteiger partial charge in [-0.05, 0) is 6.42 Å². The van der Waals surface area contributed by atoms with E-state index < -0.39 is 9.84 Å². The van der Waals surface area contributed by atoms with E-state index in [1.54, 1.807) is 4.90 Å². The van der Waals surface area contributed by atoms with Crippen LogP contribution in [-0.2, 0) is 26.6 Å². The lowest BCUT2D eigenvalue weighted by Crippen LogP contribution is -2.50. The zero-order chi connectivity index (χ0) is 18.2. The summed E-state index contributed by atoms with van der Waals surface area (Å²) in [6.07, 6.45) is 0.458. The van der Waals surface area contributed by atoms with Crippen LogP contribution in [0.25, 0.3) is 0 Å². The number of piperazine rings is 1. The SMILES string of the molecule is CC(C)(C)c1nc(CN2CCN(C(=O)C3CCS(=O)(=O)C3)CC2)no1. The minimum absolute atomic E-state index is 0.00445. The molecule has 0 radical (unpaired) electrons. The summed E-state index contributed by atoms with van der Waals surface area (Å²) < 4.78 is 28.4. The van der Waals surface area contributed by atoms with Crippen LogP contribution in [-0.4, -0.2) is 72.0 Å². The van der Waals surface area contributed by atoms with Crippen molar-refractivity contribution in [2.75, 3.05) is 37.7 Å². The van der Waals surface area contributed by atoms with Gasteiger partial charge in [-0.25, -0.2) is 8.42 Å². The Labute approximate surface area is 148 Å². The number of aromatic nitrogens is 2. The summed E-state index contributed by atoms with van der Waals surface area (Å²) >= 11 is 0. The average molecular weight is 370 g/mol. The van der Waals surface area contributed by atoms with E-state index in [9.17, 15) is 13.2 Å². The molecule has 1 unspecified atom stereocenters. The summed E-state index contributed by atoms with van der Waals surface area (Å²) in [5, 5.41) is 4.03. The smallest absolute Gasteiger partial charge is 0.232 e. The van der Waals surface area contributed by atoms with E-state index in [2.05, 4.69) is 15.0 Å². The predicted molar refractivity (Wildman–Crippen MR) is 91.6 cm³/mol. The molecule has 1 aromatic rings. The van der Waals surface area contributed by atoms with Crippen LogP contribution in [0, 0.1) is 5.92 Å². The van der Waals surface area contributed by atoms with Gasteiger partial charge in [0.15, 0.2) is 15.7 Å². The summed E-state index contributed by atoms with van der Waals surface area (Å²) in [6, 6.07) is 0. The summed E-state index contributed by atoms with van der Waals surface area (Å²) in [4.78, 5) is 20.9. The van der Waals surface area contributed by atoms with Crippen molar-refractivity contribution in [3.63, 3.8) is 0 Å². The average Bonchev–Trinajstić information content (AvgIpc) is 3.13. The maximum Gasteiger partial charge on any atom is 0.232 e. The molecule has 1 amide bonds. The summed E-state index contributed by atoms with van der Waals surface area (Å²) in [5.74, 6) is 1.05. The van der Waals surface area contributed by atoms with Crippen molar-refractivity contribution >= 4 is 15.7 Å². The summed E-state index contributed by atoms with van der Waals surface area (Å²) in [7, 11) is -3.03. The number of hydrogen-bond donors (Lipinski definition) is 0. The van der Waals surface area contributed by atoms with E-state index in [-0.39, 0.29) is 28.7 Å². The third-order valence-corrected chi connectivity index (χ3v) is 6.51. The van der Waals surface area contributed by atoms with E-state index >= 15 is 0 Å². The molecule has 140 valence electrons. The molecule has 3 rings (SSSR count). The molecule has 2 fully saturated rings. The minimum atomic E-state index is -3.03. The van der Waals surface area contributed by atoms with Crippen molar-refractivity contribution in [1.29, 1.82) is 0 Å². The Morgan fingerprint density at radius 1 is 1.24 bits per heavy atom. The molecular formula is C16H26N4O4S. The first-order valence-corrected chi connectivity index (χ1v) is 10.5. The van der Waals surface area contributed by atoms with Crippen LogP contribution in [0.2, 0.25) is 0 Å². The van der Waals surface area contributed by atoms with Gasteiger partial charge >= 0.3 is 0 Å². The lowest BCUT2D eigenvalue weighted by Gasteiger charge is -2.35. The van der Waals surface area contributed by atoms with Crippen molar-refractivity contribution < 1.29 is 17.7 Å². The molecule has 0 aromatic carbocycles. The minimum Gasteiger partial charge on any atom is -0.340 e. The van der Waals surface area contributed by atoms with Crippen LogP contribution in [0.3, 0.4) is 0 Å².